The molecule has 0 saturated heterocycles. The summed E-state index contributed by atoms with van der Waals surface area (Å²) in [6.45, 7) is 0. The maximum atomic E-state index is 12.4. The molecule has 0 atom stereocenters. The molecule has 0 bridgehead atoms. The molecule has 4 rings (SSSR count). The molecule has 5 heteroatoms. The van der Waals surface area contributed by atoms with Gasteiger partial charge in [-0.2, -0.15) is 0 Å². The van der Waals surface area contributed by atoms with Crippen molar-refractivity contribution in [2.24, 2.45) is 0 Å². The lowest BCUT2D eigenvalue weighted by Gasteiger charge is -2.07. The van der Waals surface area contributed by atoms with E-state index in [9.17, 15) is 14.7 Å². The van der Waals surface area contributed by atoms with Crippen molar-refractivity contribution in [2.45, 2.75) is 19.3 Å². The van der Waals surface area contributed by atoms with Crippen LogP contribution in [0.1, 0.15) is 38.3 Å². The van der Waals surface area contributed by atoms with Crippen LogP contribution in [0.15, 0.2) is 53.9 Å². The molecule has 4 nitrogen and oxygen atoms in total. The van der Waals surface area contributed by atoms with Crippen LogP contribution in [0.5, 0.6) is 0 Å². The van der Waals surface area contributed by atoms with Crippen LogP contribution in [0.2, 0.25) is 0 Å². The number of carbonyl (C=O) groups excluding carboxylic acids is 1. The van der Waals surface area contributed by atoms with E-state index in [1.165, 1.54) is 22.5 Å². The highest BCUT2D eigenvalue weighted by Gasteiger charge is 2.22. The molecule has 1 aliphatic rings. The summed E-state index contributed by atoms with van der Waals surface area (Å²) < 4.78 is 0. The van der Waals surface area contributed by atoms with Crippen molar-refractivity contribution in [3.63, 3.8) is 0 Å². The predicted octanol–water partition coefficient (Wildman–Crippen LogP) is 4.85. The van der Waals surface area contributed by atoms with E-state index in [-0.39, 0.29) is 11.5 Å². The fraction of sp³-hybridized carbons (Fsp3) is 0.143. The maximum absolute atomic E-state index is 12.4. The largest absolute Gasteiger partial charge is 0.478 e. The third kappa shape index (κ3) is 3.02. The lowest BCUT2D eigenvalue weighted by molar-refractivity contribution is 0.0699. The van der Waals surface area contributed by atoms with Gasteiger partial charge in [-0.15, -0.1) is 11.3 Å². The van der Waals surface area contributed by atoms with Crippen LogP contribution in [-0.4, -0.2) is 17.0 Å². The maximum Gasteiger partial charge on any atom is 0.339 e. The van der Waals surface area contributed by atoms with Gasteiger partial charge in [0.1, 0.15) is 10.6 Å². The first-order valence-electron chi connectivity index (χ1n) is 8.47. The quantitative estimate of drug-likeness (QED) is 0.696. The normalized spacial score (nSPS) is 12.6. The van der Waals surface area contributed by atoms with Crippen LogP contribution >= 0.6 is 11.3 Å². The first-order valence-corrected chi connectivity index (χ1v) is 9.35. The molecule has 0 fully saturated rings. The molecule has 2 aromatic carbocycles. The van der Waals surface area contributed by atoms with E-state index in [1.807, 2.05) is 12.1 Å². The number of aryl methyl sites for hydroxylation is 2. The van der Waals surface area contributed by atoms with Crippen LogP contribution in [-0.2, 0) is 12.8 Å². The van der Waals surface area contributed by atoms with E-state index in [0.717, 1.165) is 24.8 Å². The summed E-state index contributed by atoms with van der Waals surface area (Å²) in [6, 6.07) is 14.9. The zero-order valence-corrected chi connectivity index (χ0v) is 14.8. The molecule has 26 heavy (non-hydrogen) atoms. The molecule has 0 radical (unpaired) electrons. The second-order valence-corrected chi connectivity index (χ2v) is 7.20. The Labute approximate surface area is 155 Å². The highest BCUT2D eigenvalue weighted by Crippen LogP contribution is 2.37. The first kappa shape index (κ1) is 16.5. The van der Waals surface area contributed by atoms with Gasteiger partial charge >= 0.3 is 5.97 Å². The van der Waals surface area contributed by atoms with Gasteiger partial charge in [-0.1, -0.05) is 36.4 Å². The van der Waals surface area contributed by atoms with Gasteiger partial charge < -0.3 is 10.4 Å². The van der Waals surface area contributed by atoms with Gasteiger partial charge in [0.25, 0.3) is 5.91 Å². The summed E-state index contributed by atoms with van der Waals surface area (Å²) >= 11 is 1.24. The lowest BCUT2D eigenvalue weighted by atomic mass is 9.99. The average Bonchev–Trinajstić information content (AvgIpc) is 3.28. The third-order valence-corrected chi connectivity index (χ3v) is 5.57. The van der Waals surface area contributed by atoms with Gasteiger partial charge in [0.05, 0.1) is 0 Å². The molecule has 0 unspecified atom stereocenters. The van der Waals surface area contributed by atoms with Gasteiger partial charge in [-0.25, -0.2) is 4.79 Å². The van der Waals surface area contributed by atoms with E-state index in [2.05, 4.69) is 17.4 Å². The number of fused-ring (bicyclic) bond motifs is 1. The molecule has 0 spiro atoms. The van der Waals surface area contributed by atoms with E-state index >= 15 is 0 Å². The summed E-state index contributed by atoms with van der Waals surface area (Å²) in [4.78, 5) is 24.3. The highest BCUT2D eigenvalue weighted by atomic mass is 32.1. The van der Waals surface area contributed by atoms with E-state index < -0.39 is 5.97 Å². The monoisotopic (exact) mass is 363 g/mol. The Bertz CT molecular complexity index is 992. The number of aromatic carboxylic acids is 1. The smallest absolute Gasteiger partial charge is 0.339 e. The number of carboxylic acid groups (broad SMARTS) is 1. The molecule has 3 aromatic rings. The molecule has 0 aliphatic heterocycles. The molecule has 0 saturated carbocycles. The molecule has 1 aliphatic carbocycles. The van der Waals surface area contributed by atoms with Crippen molar-refractivity contribution in [1.82, 2.24) is 0 Å². The van der Waals surface area contributed by atoms with E-state index in [0.29, 0.717) is 16.1 Å². The molecule has 1 amide bonds. The third-order valence-electron chi connectivity index (χ3n) is 4.68. The van der Waals surface area contributed by atoms with Crippen LogP contribution in [0.3, 0.4) is 0 Å². The predicted molar refractivity (Wildman–Crippen MR) is 103 cm³/mol. The fourth-order valence-electron chi connectivity index (χ4n) is 3.38. The number of rotatable bonds is 4. The minimum Gasteiger partial charge on any atom is -0.478 e. The van der Waals surface area contributed by atoms with Gasteiger partial charge in [0.15, 0.2) is 0 Å². The molecular weight excluding hydrogens is 346 g/mol. The Morgan fingerprint density at radius 2 is 1.77 bits per heavy atom. The minimum absolute atomic E-state index is 0.150. The van der Waals surface area contributed by atoms with Crippen LogP contribution < -0.4 is 5.32 Å². The van der Waals surface area contributed by atoms with E-state index in [1.54, 1.807) is 29.6 Å². The number of hydrogen-bond donors (Lipinski definition) is 2. The van der Waals surface area contributed by atoms with Crippen molar-refractivity contribution < 1.29 is 14.7 Å². The molecule has 1 aromatic heterocycles. The van der Waals surface area contributed by atoms with Gasteiger partial charge in [-0.3, -0.25) is 4.79 Å². The topological polar surface area (TPSA) is 66.4 Å². The van der Waals surface area contributed by atoms with Crippen molar-refractivity contribution in [2.75, 3.05) is 5.32 Å². The van der Waals surface area contributed by atoms with Crippen molar-refractivity contribution >= 4 is 28.2 Å². The Morgan fingerprint density at radius 1 is 1.00 bits per heavy atom. The summed E-state index contributed by atoms with van der Waals surface area (Å²) in [5.41, 5.74) is 4.83. The van der Waals surface area contributed by atoms with Crippen molar-refractivity contribution in [1.29, 1.82) is 0 Å². The summed E-state index contributed by atoms with van der Waals surface area (Å²) in [5.74, 6) is -1.35. The van der Waals surface area contributed by atoms with Gasteiger partial charge in [-0.05, 0) is 48.1 Å². The summed E-state index contributed by atoms with van der Waals surface area (Å²) in [7, 11) is 0. The number of amides is 1. The standard InChI is InChI=1S/C21H17NO3S/c23-19(14-5-2-1-3-6-14)22-20-18(21(24)25)17(12-26-20)16-10-9-13-7-4-8-15(13)11-16/h1-3,5-6,9-12H,4,7-8H2,(H,22,23)(H,24,25). The lowest BCUT2D eigenvalue weighted by Crippen LogP contribution is -2.13. The molecule has 130 valence electrons. The fourth-order valence-corrected chi connectivity index (χ4v) is 4.34. The minimum atomic E-state index is -1.04. The Balaban J connectivity index is 1.70. The number of carbonyl (C=O) groups is 2. The number of hydrogen-bond acceptors (Lipinski definition) is 3. The SMILES string of the molecule is O=C(Nc1scc(-c2ccc3c(c2)CCC3)c1C(=O)O)c1ccccc1. The summed E-state index contributed by atoms with van der Waals surface area (Å²) in [6.07, 6.45) is 3.27. The zero-order valence-electron chi connectivity index (χ0n) is 14.0. The van der Waals surface area contributed by atoms with Crippen LogP contribution in [0.25, 0.3) is 11.1 Å². The van der Waals surface area contributed by atoms with Gasteiger partial charge in [0, 0.05) is 16.5 Å². The van der Waals surface area contributed by atoms with Crippen molar-refractivity contribution in [3.8, 4) is 11.1 Å². The second kappa shape index (κ2) is 6.77. The highest BCUT2D eigenvalue weighted by molar-refractivity contribution is 7.15. The second-order valence-electron chi connectivity index (χ2n) is 6.32. The molecule has 1 heterocycles. The number of nitrogens with one attached hydrogen (secondary N) is 1. The number of carboxylic acids is 1. The first-order chi connectivity index (χ1) is 12.6. The molecule has 2 N–H and O–H groups in total. The van der Waals surface area contributed by atoms with Crippen molar-refractivity contribution in [3.05, 3.63) is 76.2 Å². The Morgan fingerprint density at radius 3 is 2.54 bits per heavy atom. The number of benzene rings is 2. The number of thiophene rings is 1. The summed E-state index contributed by atoms with van der Waals surface area (Å²) in [5, 5.41) is 14.6. The average molecular weight is 363 g/mol. The van der Waals surface area contributed by atoms with Crippen LogP contribution in [0.4, 0.5) is 5.00 Å². The van der Waals surface area contributed by atoms with E-state index in [4.69, 9.17) is 0 Å². The van der Waals surface area contributed by atoms with Gasteiger partial charge in [0.2, 0.25) is 0 Å². The van der Waals surface area contributed by atoms with Crippen LogP contribution in [0, 0.1) is 0 Å². The molecular formula is C21H17NO3S. The number of anilines is 1. The zero-order chi connectivity index (χ0) is 18.1. The Hall–Kier alpha value is -2.92. The Kier molecular flexibility index (Phi) is 4.31.